The number of rotatable bonds is 2. The van der Waals surface area contributed by atoms with Crippen molar-refractivity contribution in [2.45, 2.75) is 0 Å². The van der Waals surface area contributed by atoms with E-state index in [2.05, 4.69) is 42.2 Å². The summed E-state index contributed by atoms with van der Waals surface area (Å²) < 4.78 is 27.6. The molecule has 0 amide bonds. The van der Waals surface area contributed by atoms with Gasteiger partial charge in [-0.2, -0.15) is 0 Å². The summed E-state index contributed by atoms with van der Waals surface area (Å²) in [7, 11) is 0. The second kappa shape index (κ2) is 5.10. The van der Waals surface area contributed by atoms with Crippen molar-refractivity contribution in [2.75, 3.05) is 5.32 Å². The summed E-state index contributed by atoms with van der Waals surface area (Å²) in [5, 5.41) is 2.79. The highest BCUT2D eigenvalue weighted by atomic mass is 79.9. The first kappa shape index (κ1) is 12.4. The van der Waals surface area contributed by atoms with Crippen LogP contribution >= 0.6 is 31.9 Å². The molecule has 0 aliphatic rings. The van der Waals surface area contributed by atoms with Gasteiger partial charge in [0, 0.05) is 18.5 Å². The maximum Gasteiger partial charge on any atom is 0.147 e. The Hall–Kier alpha value is -1.01. The Bertz CT molecular complexity index is 561. The van der Waals surface area contributed by atoms with Crippen LogP contribution in [-0.2, 0) is 0 Å². The fourth-order valence-electron chi connectivity index (χ4n) is 1.24. The summed E-state index contributed by atoms with van der Waals surface area (Å²) in [6.45, 7) is 0. The molecule has 2 nitrogen and oxygen atoms in total. The Morgan fingerprint density at radius 3 is 2.47 bits per heavy atom. The normalized spacial score (nSPS) is 10.4. The minimum absolute atomic E-state index is 0.0672. The summed E-state index contributed by atoms with van der Waals surface area (Å²) in [5.74, 6) is -1.07. The molecule has 1 aromatic carbocycles. The van der Waals surface area contributed by atoms with Crippen LogP contribution in [0.3, 0.4) is 0 Å². The molecular weight excluding hydrogens is 358 g/mol. The third kappa shape index (κ3) is 2.81. The highest BCUT2D eigenvalue weighted by Gasteiger charge is 2.09. The molecule has 1 N–H and O–H groups in total. The lowest BCUT2D eigenvalue weighted by molar-refractivity contribution is 0.598. The molecule has 6 heteroatoms. The van der Waals surface area contributed by atoms with Crippen molar-refractivity contribution in [3.8, 4) is 0 Å². The summed E-state index contributed by atoms with van der Waals surface area (Å²) in [4.78, 5) is 3.88. The lowest BCUT2D eigenvalue weighted by Gasteiger charge is -2.09. The summed E-state index contributed by atoms with van der Waals surface area (Å²) in [5.41, 5.74) is 0.679. The van der Waals surface area contributed by atoms with Gasteiger partial charge in [-0.15, -0.1) is 0 Å². The van der Waals surface area contributed by atoms with Crippen LogP contribution in [0, 0.1) is 11.6 Å². The summed E-state index contributed by atoms with van der Waals surface area (Å²) in [6, 6.07) is 3.82. The fraction of sp³-hybridized carbons (Fsp3) is 0. The van der Waals surface area contributed by atoms with E-state index in [0.29, 0.717) is 10.2 Å². The zero-order valence-electron chi connectivity index (χ0n) is 8.35. The van der Waals surface area contributed by atoms with Gasteiger partial charge in [0.05, 0.1) is 20.3 Å². The van der Waals surface area contributed by atoms with Crippen LogP contribution in [-0.4, -0.2) is 4.98 Å². The molecule has 0 saturated heterocycles. The third-order valence-electron chi connectivity index (χ3n) is 2.05. The predicted octanol–water partition coefficient (Wildman–Crippen LogP) is 4.63. The van der Waals surface area contributed by atoms with Crippen molar-refractivity contribution in [3.05, 3.63) is 51.2 Å². The molecule has 0 aliphatic heterocycles. The molecule has 1 aromatic heterocycles. The minimum atomic E-state index is -0.540. The number of pyridine rings is 1. The highest BCUT2D eigenvalue weighted by Crippen LogP contribution is 2.28. The zero-order chi connectivity index (χ0) is 12.4. The van der Waals surface area contributed by atoms with E-state index in [1.165, 1.54) is 0 Å². The van der Waals surface area contributed by atoms with Crippen LogP contribution in [0.25, 0.3) is 0 Å². The number of benzene rings is 1. The number of nitrogens with zero attached hydrogens (tertiary/aromatic N) is 1. The minimum Gasteiger partial charge on any atom is -0.352 e. The number of nitrogens with one attached hydrogen (secondary N) is 1. The van der Waals surface area contributed by atoms with Crippen molar-refractivity contribution < 1.29 is 8.78 Å². The maximum absolute atomic E-state index is 13.6. The lowest BCUT2D eigenvalue weighted by atomic mass is 10.3. The molecule has 0 fully saturated rings. The van der Waals surface area contributed by atoms with Crippen LogP contribution in [0.4, 0.5) is 20.2 Å². The van der Waals surface area contributed by atoms with Crippen LogP contribution in [0.1, 0.15) is 0 Å². The molecule has 0 unspecified atom stereocenters. The largest absolute Gasteiger partial charge is 0.352 e. The van der Waals surface area contributed by atoms with E-state index in [9.17, 15) is 8.78 Å². The molecular formula is C11H6Br2F2N2. The molecule has 2 aromatic rings. The number of hydrogen-bond donors (Lipinski definition) is 1. The average Bonchev–Trinajstić information content (AvgIpc) is 2.29. The number of anilines is 2. The SMILES string of the molecule is Fc1cc(Nc2ccncc2Br)c(F)cc1Br. The molecule has 0 aliphatic carbocycles. The molecule has 2 rings (SSSR count). The van der Waals surface area contributed by atoms with Crippen molar-refractivity contribution in [1.29, 1.82) is 0 Å². The van der Waals surface area contributed by atoms with E-state index in [1.54, 1.807) is 18.5 Å². The van der Waals surface area contributed by atoms with Gasteiger partial charge in [0.1, 0.15) is 11.6 Å². The van der Waals surface area contributed by atoms with Crippen LogP contribution in [0.2, 0.25) is 0 Å². The second-order valence-corrected chi connectivity index (χ2v) is 4.94. The van der Waals surface area contributed by atoms with Gasteiger partial charge in [-0.25, -0.2) is 8.78 Å². The standard InChI is InChI=1S/C11H6Br2F2N2/c12-6-3-9(15)11(4-8(6)14)17-10-1-2-16-5-7(10)13/h1-5H,(H,16,17). The molecule has 0 radical (unpaired) electrons. The zero-order valence-corrected chi connectivity index (χ0v) is 11.5. The quantitative estimate of drug-likeness (QED) is 0.787. The number of aromatic nitrogens is 1. The summed E-state index contributed by atoms with van der Waals surface area (Å²) >= 11 is 6.18. The second-order valence-electron chi connectivity index (χ2n) is 3.23. The Morgan fingerprint density at radius 1 is 1.00 bits per heavy atom. The lowest BCUT2D eigenvalue weighted by Crippen LogP contribution is -1.96. The van der Waals surface area contributed by atoms with Crippen LogP contribution in [0.5, 0.6) is 0 Å². The Balaban J connectivity index is 2.37. The summed E-state index contributed by atoms with van der Waals surface area (Å²) in [6.07, 6.45) is 3.12. The first-order valence-corrected chi connectivity index (χ1v) is 6.17. The number of halogens is 4. The molecule has 0 spiro atoms. The predicted molar refractivity (Wildman–Crippen MR) is 69.3 cm³/mol. The van der Waals surface area contributed by atoms with Crippen molar-refractivity contribution >= 4 is 43.2 Å². The van der Waals surface area contributed by atoms with Gasteiger partial charge in [-0.3, -0.25) is 4.98 Å². The Kier molecular flexibility index (Phi) is 3.73. The van der Waals surface area contributed by atoms with E-state index in [0.717, 1.165) is 12.1 Å². The van der Waals surface area contributed by atoms with Crippen LogP contribution in [0.15, 0.2) is 39.5 Å². The Labute approximate surface area is 113 Å². The molecule has 0 atom stereocenters. The maximum atomic E-state index is 13.6. The van der Waals surface area contributed by atoms with Gasteiger partial charge in [0.15, 0.2) is 0 Å². The van der Waals surface area contributed by atoms with Crippen molar-refractivity contribution in [1.82, 2.24) is 4.98 Å². The van der Waals surface area contributed by atoms with Gasteiger partial charge in [0.2, 0.25) is 0 Å². The van der Waals surface area contributed by atoms with E-state index >= 15 is 0 Å². The van der Waals surface area contributed by atoms with E-state index in [1.807, 2.05) is 0 Å². The van der Waals surface area contributed by atoms with Gasteiger partial charge >= 0.3 is 0 Å². The van der Waals surface area contributed by atoms with Gasteiger partial charge in [0.25, 0.3) is 0 Å². The van der Waals surface area contributed by atoms with E-state index in [-0.39, 0.29) is 10.2 Å². The van der Waals surface area contributed by atoms with Crippen molar-refractivity contribution in [2.24, 2.45) is 0 Å². The smallest absolute Gasteiger partial charge is 0.147 e. The first-order valence-electron chi connectivity index (χ1n) is 4.59. The number of hydrogen-bond acceptors (Lipinski definition) is 2. The van der Waals surface area contributed by atoms with Gasteiger partial charge in [-0.05, 0) is 44.0 Å². The monoisotopic (exact) mass is 362 g/mol. The molecule has 1 heterocycles. The van der Waals surface area contributed by atoms with Gasteiger partial charge in [-0.1, -0.05) is 0 Å². The fourth-order valence-corrected chi connectivity index (χ4v) is 1.90. The topological polar surface area (TPSA) is 24.9 Å². The molecule has 17 heavy (non-hydrogen) atoms. The molecule has 0 saturated carbocycles. The van der Waals surface area contributed by atoms with E-state index in [4.69, 9.17) is 0 Å². The average molecular weight is 364 g/mol. The Morgan fingerprint density at radius 2 is 1.76 bits per heavy atom. The first-order chi connectivity index (χ1) is 8.08. The van der Waals surface area contributed by atoms with E-state index < -0.39 is 11.6 Å². The molecule has 88 valence electrons. The van der Waals surface area contributed by atoms with Gasteiger partial charge < -0.3 is 5.32 Å². The third-order valence-corrected chi connectivity index (χ3v) is 3.29. The van der Waals surface area contributed by atoms with Crippen molar-refractivity contribution in [3.63, 3.8) is 0 Å². The van der Waals surface area contributed by atoms with Crippen LogP contribution < -0.4 is 5.32 Å². The highest BCUT2D eigenvalue weighted by molar-refractivity contribution is 9.10. The molecule has 0 bridgehead atoms.